The summed E-state index contributed by atoms with van der Waals surface area (Å²) in [4.78, 5) is 10.1. The molecule has 0 amide bonds. The number of aliphatic hydroxyl groups is 1. The average molecular weight is 224 g/mol. The highest BCUT2D eigenvalue weighted by Gasteiger charge is 2.25. The molecule has 0 aliphatic carbocycles. The van der Waals surface area contributed by atoms with Crippen LogP contribution in [-0.4, -0.2) is 47.0 Å². The Morgan fingerprint density at radius 1 is 1.56 bits per heavy atom. The smallest absolute Gasteiger partial charge is 0.134 e. The minimum atomic E-state index is -0.167. The van der Waals surface area contributed by atoms with E-state index >= 15 is 0 Å². The van der Waals surface area contributed by atoms with E-state index in [9.17, 15) is 0 Å². The molecule has 1 fully saturated rings. The fraction of sp³-hybridized carbons (Fsp3) is 0.600. The summed E-state index contributed by atoms with van der Waals surface area (Å²) in [5.41, 5.74) is 5.61. The second-order valence-corrected chi connectivity index (χ2v) is 3.96. The first kappa shape index (κ1) is 11.1. The molecule has 16 heavy (non-hydrogen) atoms. The number of ether oxygens (including phenoxy) is 1. The molecule has 6 heteroatoms. The quantitative estimate of drug-likeness (QED) is 0.714. The predicted octanol–water partition coefficient (Wildman–Crippen LogP) is -0.355. The van der Waals surface area contributed by atoms with Crippen molar-refractivity contribution in [1.82, 2.24) is 9.97 Å². The molecule has 6 nitrogen and oxygen atoms in total. The number of aliphatic hydroxyl groups excluding tert-OH is 1. The molecular formula is C10H16N4O2. The van der Waals surface area contributed by atoms with Crippen molar-refractivity contribution in [3.05, 3.63) is 12.4 Å². The molecule has 1 aliphatic heterocycles. The minimum Gasteiger partial charge on any atom is -0.394 e. The second kappa shape index (κ2) is 4.63. The molecule has 2 atom stereocenters. The van der Waals surface area contributed by atoms with E-state index in [-0.39, 0.29) is 18.8 Å². The van der Waals surface area contributed by atoms with Crippen molar-refractivity contribution >= 4 is 11.6 Å². The van der Waals surface area contributed by atoms with Gasteiger partial charge in [0.25, 0.3) is 0 Å². The van der Waals surface area contributed by atoms with Crippen molar-refractivity contribution in [2.24, 2.45) is 0 Å². The first-order valence-corrected chi connectivity index (χ1v) is 5.28. The van der Waals surface area contributed by atoms with Gasteiger partial charge in [0, 0.05) is 19.2 Å². The third-order valence-electron chi connectivity index (χ3n) is 2.53. The van der Waals surface area contributed by atoms with Crippen LogP contribution < -0.4 is 10.6 Å². The molecule has 1 aliphatic rings. The highest BCUT2D eigenvalue weighted by molar-refractivity contribution is 5.46. The zero-order valence-electron chi connectivity index (χ0n) is 9.21. The summed E-state index contributed by atoms with van der Waals surface area (Å²) in [6, 6.07) is 1.73. The molecule has 2 heterocycles. The van der Waals surface area contributed by atoms with Gasteiger partial charge in [0.05, 0.1) is 18.8 Å². The van der Waals surface area contributed by atoms with Crippen LogP contribution in [0.3, 0.4) is 0 Å². The van der Waals surface area contributed by atoms with Crippen molar-refractivity contribution < 1.29 is 9.84 Å². The van der Waals surface area contributed by atoms with Crippen LogP contribution >= 0.6 is 0 Å². The number of aromatic nitrogens is 2. The lowest BCUT2D eigenvalue weighted by Gasteiger charge is -2.36. The highest BCUT2D eigenvalue weighted by Crippen LogP contribution is 2.18. The Bertz CT molecular complexity index is 360. The lowest BCUT2D eigenvalue weighted by molar-refractivity contribution is -0.0423. The van der Waals surface area contributed by atoms with Crippen LogP contribution in [0.5, 0.6) is 0 Å². The van der Waals surface area contributed by atoms with Gasteiger partial charge in [-0.25, -0.2) is 9.97 Å². The largest absolute Gasteiger partial charge is 0.394 e. The third-order valence-corrected chi connectivity index (χ3v) is 2.53. The van der Waals surface area contributed by atoms with E-state index in [1.54, 1.807) is 6.07 Å². The van der Waals surface area contributed by atoms with Crippen LogP contribution in [0, 0.1) is 0 Å². The summed E-state index contributed by atoms with van der Waals surface area (Å²) in [7, 11) is 0. The number of nitrogens with two attached hydrogens (primary N) is 1. The highest BCUT2D eigenvalue weighted by atomic mass is 16.5. The van der Waals surface area contributed by atoms with E-state index in [4.69, 9.17) is 15.6 Å². The van der Waals surface area contributed by atoms with Crippen molar-refractivity contribution in [3.63, 3.8) is 0 Å². The summed E-state index contributed by atoms with van der Waals surface area (Å²) in [6.45, 7) is 3.35. The van der Waals surface area contributed by atoms with E-state index < -0.39 is 0 Å². The van der Waals surface area contributed by atoms with Gasteiger partial charge in [-0.05, 0) is 6.92 Å². The van der Waals surface area contributed by atoms with Gasteiger partial charge in [-0.15, -0.1) is 0 Å². The maximum absolute atomic E-state index is 9.12. The standard InChI is InChI=1S/C10H16N4O2/c1-7-3-14(4-8(5-15)16-7)10-2-9(11)12-6-13-10/h2,6-8,15H,3-5H2,1H3,(H2,11,12,13). The number of hydrogen-bond donors (Lipinski definition) is 2. The van der Waals surface area contributed by atoms with E-state index in [1.807, 2.05) is 11.8 Å². The van der Waals surface area contributed by atoms with Crippen LogP contribution in [-0.2, 0) is 4.74 Å². The zero-order chi connectivity index (χ0) is 11.5. The van der Waals surface area contributed by atoms with Crippen molar-refractivity contribution in [2.45, 2.75) is 19.1 Å². The molecule has 88 valence electrons. The van der Waals surface area contributed by atoms with Gasteiger partial charge in [0.15, 0.2) is 0 Å². The first-order valence-electron chi connectivity index (χ1n) is 5.28. The van der Waals surface area contributed by atoms with Crippen molar-refractivity contribution in [3.8, 4) is 0 Å². The van der Waals surface area contributed by atoms with Gasteiger partial charge < -0.3 is 20.5 Å². The molecule has 0 spiro atoms. The van der Waals surface area contributed by atoms with E-state index in [2.05, 4.69) is 9.97 Å². The number of nitrogens with zero attached hydrogens (tertiary/aromatic N) is 3. The third kappa shape index (κ3) is 2.40. The molecule has 0 saturated carbocycles. The lowest BCUT2D eigenvalue weighted by Crippen LogP contribution is -2.48. The molecule has 2 rings (SSSR count). The van der Waals surface area contributed by atoms with Crippen LogP contribution in [0.25, 0.3) is 0 Å². The Labute approximate surface area is 94.1 Å². The van der Waals surface area contributed by atoms with Crippen LogP contribution in [0.15, 0.2) is 12.4 Å². The van der Waals surface area contributed by atoms with E-state index in [0.29, 0.717) is 12.4 Å². The average Bonchev–Trinajstić information content (AvgIpc) is 2.28. The molecule has 1 aromatic rings. The van der Waals surface area contributed by atoms with Crippen molar-refractivity contribution in [1.29, 1.82) is 0 Å². The van der Waals surface area contributed by atoms with Crippen molar-refractivity contribution in [2.75, 3.05) is 30.3 Å². The fourth-order valence-electron chi connectivity index (χ4n) is 1.87. The minimum absolute atomic E-state index is 0.0153. The normalized spacial score (nSPS) is 25.8. The summed E-state index contributed by atoms with van der Waals surface area (Å²) in [5.74, 6) is 1.23. The summed E-state index contributed by atoms with van der Waals surface area (Å²) in [6.07, 6.45) is 1.35. The van der Waals surface area contributed by atoms with Crippen LogP contribution in [0.2, 0.25) is 0 Å². The molecule has 2 unspecified atom stereocenters. The van der Waals surface area contributed by atoms with E-state index in [1.165, 1.54) is 6.33 Å². The Balaban J connectivity index is 2.14. The number of rotatable bonds is 2. The Kier molecular flexibility index (Phi) is 3.21. The monoisotopic (exact) mass is 224 g/mol. The SMILES string of the molecule is CC1CN(c2cc(N)ncn2)CC(CO)O1. The summed E-state index contributed by atoms with van der Waals surface area (Å²) < 4.78 is 5.55. The molecule has 3 N–H and O–H groups in total. The van der Waals surface area contributed by atoms with Crippen LogP contribution in [0.1, 0.15) is 6.92 Å². The Hall–Kier alpha value is -1.40. The maximum Gasteiger partial charge on any atom is 0.134 e. The summed E-state index contributed by atoms with van der Waals surface area (Å²) >= 11 is 0. The first-order chi connectivity index (χ1) is 7.69. The topological polar surface area (TPSA) is 84.5 Å². The number of nitrogen functional groups attached to an aromatic ring is 1. The number of anilines is 2. The molecule has 1 aromatic heterocycles. The van der Waals surface area contributed by atoms with Gasteiger partial charge in [0.2, 0.25) is 0 Å². The molecule has 0 radical (unpaired) electrons. The van der Waals surface area contributed by atoms with E-state index in [0.717, 1.165) is 12.4 Å². The zero-order valence-corrected chi connectivity index (χ0v) is 9.21. The Morgan fingerprint density at radius 2 is 2.38 bits per heavy atom. The molecule has 0 bridgehead atoms. The second-order valence-electron chi connectivity index (χ2n) is 3.96. The number of morpholine rings is 1. The summed E-state index contributed by atoms with van der Waals surface area (Å²) in [5, 5.41) is 9.12. The Morgan fingerprint density at radius 3 is 3.06 bits per heavy atom. The van der Waals surface area contributed by atoms with Gasteiger partial charge in [-0.2, -0.15) is 0 Å². The molecule has 1 saturated heterocycles. The van der Waals surface area contributed by atoms with Gasteiger partial charge in [-0.3, -0.25) is 0 Å². The van der Waals surface area contributed by atoms with Gasteiger partial charge >= 0.3 is 0 Å². The van der Waals surface area contributed by atoms with Gasteiger partial charge in [0.1, 0.15) is 18.0 Å². The predicted molar refractivity (Wildman–Crippen MR) is 60.1 cm³/mol. The maximum atomic E-state index is 9.12. The molecule has 0 aromatic carbocycles. The fourth-order valence-corrected chi connectivity index (χ4v) is 1.87. The number of hydrogen-bond acceptors (Lipinski definition) is 6. The molecular weight excluding hydrogens is 208 g/mol. The van der Waals surface area contributed by atoms with Crippen LogP contribution in [0.4, 0.5) is 11.6 Å². The van der Waals surface area contributed by atoms with Gasteiger partial charge in [-0.1, -0.05) is 0 Å². The lowest BCUT2D eigenvalue weighted by atomic mass is 10.2.